The van der Waals surface area contributed by atoms with Gasteiger partial charge < -0.3 is 15.7 Å². The number of hydrogen-bond donors (Lipinski definition) is 3. The van der Waals surface area contributed by atoms with Crippen LogP contribution in [0.4, 0.5) is 5.69 Å². The third-order valence-corrected chi connectivity index (χ3v) is 3.38. The van der Waals surface area contributed by atoms with Gasteiger partial charge in [-0.2, -0.15) is 0 Å². The van der Waals surface area contributed by atoms with E-state index in [9.17, 15) is 9.90 Å². The average Bonchev–Trinajstić information content (AvgIpc) is 2.46. The zero-order valence-corrected chi connectivity index (χ0v) is 12.3. The van der Waals surface area contributed by atoms with E-state index < -0.39 is 0 Å². The van der Waals surface area contributed by atoms with Crippen molar-refractivity contribution in [3.63, 3.8) is 0 Å². The van der Waals surface area contributed by atoms with E-state index in [0.29, 0.717) is 0 Å². The van der Waals surface area contributed by atoms with Crippen molar-refractivity contribution in [1.29, 1.82) is 0 Å². The molecule has 4 heteroatoms. The zero-order valence-electron chi connectivity index (χ0n) is 12.3. The highest BCUT2D eigenvalue weighted by atomic mass is 16.3. The van der Waals surface area contributed by atoms with Gasteiger partial charge in [0.15, 0.2) is 0 Å². The van der Waals surface area contributed by atoms with Crippen molar-refractivity contribution in [2.45, 2.75) is 19.4 Å². The smallest absolute Gasteiger partial charge is 0.228 e. The van der Waals surface area contributed by atoms with Gasteiger partial charge >= 0.3 is 0 Å². The number of hydrogen-bond acceptors (Lipinski definition) is 3. The lowest BCUT2D eigenvalue weighted by molar-refractivity contribution is -0.115. The standard InChI is InChI=1S/C17H20N2O2/c1-12(18-2)14-6-4-7-15(11-14)19-17(21)10-13-5-3-8-16(20)9-13/h3-9,11-12,18,20H,10H2,1-2H3,(H,19,21). The van der Waals surface area contributed by atoms with Crippen molar-refractivity contribution in [3.05, 3.63) is 59.7 Å². The second-order valence-corrected chi connectivity index (χ2v) is 5.03. The molecule has 0 saturated heterocycles. The minimum atomic E-state index is -0.102. The van der Waals surface area contributed by atoms with Gasteiger partial charge in [-0.3, -0.25) is 4.79 Å². The Morgan fingerprint density at radius 1 is 1.19 bits per heavy atom. The molecule has 0 aliphatic heterocycles. The second kappa shape index (κ2) is 6.90. The van der Waals surface area contributed by atoms with Crippen LogP contribution >= 0.6 is 0 Å². The Morgan fingerprint density at radius 3 is 2.67 bits per heavy atom. The van der Waals surface area contributed by atoms with Crippen LogP contribution in [-0.2, 0) is 11.2 Å². The number of nitrogens with one attached hydrogen (secondary N) is 2. The lowest BCUT2D eigenvalue weighted by atomic mass is 10.1. The number of anilines is 1. The van der Waals surface area contributed by atoms with E-state index in [4.69, 9.17) is 0 Å². The summed E-state index contributed by atoms with van der Waals surface area (Å²) in [7, 11) is 1.90. The molecule has 2 aromatic rings. The highest BCUT2D eigenvalue weighted by Gasteiger charge is 2.07. The first-order valence-electron chi connectivity index (χ1n) is 6.93. The molecule has 1 atom stereocenters. The predicted octanol–water partition coefficient (Wildman–Crippen LogP) is 2.85. The van der Waals surface area contributed by atoms with E-state index in [-0.39, 0.29) is 24.1 Å². The van der Waals surface area contributed by atoms with Crippen LogP contribution in [0.1, 0.15) is 24.1 Å². The van der Waals surface area contributed by atoms with Crippen molar-refractivity contribution >= 4 is 11.6 Å². The van der Waals surface area contributed by atoms with Crippen molar-refractivity contribution in [2.75, 3.05) is 12.4 Å². The first kappa shape index (κ1) is 15.1. The van der Waals surface area contributed by atoms with E-state index in [1.807, 2.05) is 37.4 Å². The molecule has 0 radical (unpaired) electrons. The highest BCUT2D eigenvalue weighted by molar-refractivity contribution is 5.92. The lowest BCUT2D eigenvalue weighted by Gasteiger charge is -2.12. The molecule has 2 aromatic carbocycles. The Balaban J connectivity index is 2.02. The lowest BCUT2D eigenvalue weighted by Crippen LogP contribution is -2.16. The normalized spacial score (nSPS) is 11.9. The molecule has 1 amide bonds. The third kappa shape index (κ3) is 4.33. The van der Waals surface area contributed by atoms with Gasteiger partial charge in [-0.25, -0.2) is 0 Å². The highest BCUT2D eigenvalue weighted by Crippen LogP contribution is 2.17. The molecular formula is C17H20N2O2. The Morgan fingerprint density at radius 2 is 1.95 bits per heavy atom. The SMILES string of the molecule is CNC(C)c1cccc(NC(=O)Cc2cccc(O)c2)c1. The van der Waals surface area contributed by atoms with Crippen LogP contribution in [0.3, 0.4) is 0 Å². The second-order valence-electron chi connectivity index (χ2n) is 5.03. The van der Waals surface area contributed by atoms with Crippen molar-refractivity contribution < 1.29 is 9.90 Å². The van der Waals surface area contributed by atoms with Crippen LogP contribution in [0, 0.1) is 0 Å². The van der Waals surface area contributed by atoms with Gasteiger partial charge in [-0.15, -0.1) is 0 Å². The summed E-state index contributed by atoms with van der Waals surface area (Å²) < 4.78 is 0. The number of aromatic hydroxyl groups is 1. The van der Waals surface area contributed by atoms with E-state index in [1.165, 1.54) is 0 Å². The number of rotatable bonds is 5. The van der Waals surface area contributed by atoms with Crippen LogP contribution in [0.2, 0.25) is 0 Å². The molecule has 0 aliphatic carbocycles. The molecule has 3 N–H and O–H groups in total. The summed E-state index contributed by atoms with van der Waals surface area (Å²) in [5.74, 6) is 0.0694. The summed E-state index contributed by atoms with van der Waals surface area (Å²) in [4.78, 5) is 12.0. The largest absolute Gasteiger partial charge is 0.508 e. The van der Waals surface area contributed by atoms with Crippen molar-refractivity contribution in [1.82, 2.24) is 5.32 Å². The maximum Gasteiger partial charge on any atom is 0.228 e. The minimum absolute atomic E-state index is 0.102. The molecule has 0 heterocycles. The van der Waals surface area contributed by atoms with Crippen molar-refractivity contribution in [2.24, 2.45) is 0 Å². The monoisotopic (exact) mass is 284 g/mol. The molecule has 0 saturated carbocycles. The summed E-state index contributed by atoms with van der Waals surface area (Å²) in [5.41, 5.74) is 2.68. The first-order valence-corrected chi connectivity index (χ1v) is 6.93. The molecule has 2 rings (SSSR count). The summed E-state index contributed by atoms with van der Waals surface area (Å²) in [5, 5.41) is 15.4. The molecular weight excluding hydrogens is 264 g/mol. The maximum atomic E-state index is 12.0. The molecule has 0 fully saturated rings. The number of phenolic OH excluding ortho intramolecular Hbond substituents is 1. The Labute approximate surface area is 124 Å². The Kier molecular flexibility index (Phi) is 4.95. The number of carbonyl (C=O) groups excluding carboxylic acids is 1. The summed E-state index contributed by atoms with van der Waals surface area (Å²) in [6.07, 6.45) is 0.236. The fourth-order valence-corrected chi connectivity index (χ4v) is 2.11. The molecule has 0 bridgehead atoms. The number of carbonyl (C=O) groups is 1. The van der Waals surface area contributed by atoms with Gasteiger partial charge in [-0.1, -0.05) is 24.3 Å². The Hall–Kier alpha value is -2.33. The third-order valence-electron chi connectivity index (χ3n) is 3.38. The fraction of sp³-hybridized carbons (Fsp3) is 0.235. The average molecular weight is 284 g/mol. The van der Waals surface area contributed by atoms with Gasteiger partial charge in [0.05, 0.1) is 6.42 Å². The molecule has 0 aromatic heterocycles. The van der Waals surface area contributed by atoms with E-state index in [2.05, 4.69) is 17.6 Å². The molecule has 0 spiro atoms. The molecule has 0 aliphatic rings. The topological polar surface area (TPSA) is 61.4 Å². The molecule has 110 valence electrons. The minimum Gasteiger partial charge on any atom is -0.508 e. The molecule has 1 unspecified atom stereocenters. The first-order chi connectivity index (χ1) is 10.1. The Bertz CT molecular complexity index is 626. The van der Waals surface area contributed by atoms with Crippen LogP contribution in [-0.4, -0.2) is 18.1 Å². The van der Waals surface area contributed by atoms with E-state index >= 15 is 0 Å². The number of amides is 1. The zero-order chi connectivity index (χ0) is 15.2. The number of benzene rings is 2. The van der Waals surface area contributed by atoms with Gasteiger partial charge in [0.25, 0.3) is 0 Å². The number of phenols is 1. The maximum absolute atomic E-state index is 12.0. The predicted molar refractivity (Wildman–Crippen MR) is 84.4 cm³/mol. The van der Waals surface area contributed by atoms with Crippen LogP contribution in [0.25, 0.3) is 0 Å². The van der Waals surface area contributed by atoms with E-state index in [1.54, 1.807) is 18.2 Å². The molecule has 4 nitrogen and oxygen atoms in total. The quantitative estimate of drug-likeness (QED) is 0.791. The summed E-state index contributed by atoms with van der Waals surface area (Å²) in [6, 6.07) is 14.7. The van der Waals surface area contributed by atoms with Gasteiger partial charge in [0.1, 0.15) is 5.75 Å². The van der Waals surface area contributed by atoms with Crippen LogP contribution in [0.5, 0.6) is 5.75 Å². The van der Waals surface area contributed by atoms with Crippen molar-refractivity contribution in [3.8, 4) is 5.75 Å². The summed E-state index contributed by atoms with van der Waals surface area (Å²) in [6.45, 7) is 2.06. The van der Waals surface area contributed by atoms with Gasteiger partial charge in [0, 0.05) is 11.7 Å². The fourth-order valence-electron chi connectivity index (χ4n) is 2.11. The van der Waals surface area contributed by atoms with E-state index in [0.717, 1.165) is 16.8 Å². The van der Waals surface area contributed by atoms with Gasteiger partial charge in [0.2, 0.25) is 5.91 Å². The summed E-state index contributed by atoms with van der Waals surface area (Å²) >= 11 is 0. The van der Waals surface area contributed by atoms with Gasteiger partial charge in [-0.05, 0) is 49.4 Å². The van der Waals surface area contributed by atoms with Crippen LogP contribution in [0.15, 0.2) is 48.5 Å². The molecule has 21 heavy (non-hydrogen) atoms. The van der Waals surface area contributed by atoms with Crippen LogP contribution < -0.4 is 10.6 Å².